The third-order valence-corrected chi connectivity index (χ3v) is 2.03. The van der Waals surface area contributed by atoms with E-state index >= 15 is 0 Å². The van der Waals surface area contributed by atoms with Crippen LogP contribution in [0.4, 0.5) is 0 Å². The Morgan fingerprint density at radius 2 is 2.18 bits per heavy atom. The van der Waals surface area contributed by atoms with E-state index in [4.69, 9.17) is 5.73 Å². The fraction of sp³-hybridized carbons (Fsp3) is 0.167. The maximum absolute atomic E-state index is 11.5. The number of amides is 2. The number of carbonyl (C=O) groups is 2. The number of nitrogens with two attached hydrogens (primary N) is 1. The summed E-state index contributed by atoms with van der Waals surface area (Å²) in [6.45, 7) is 1.42. The fourth-order valence-electron chi connectivity index (χ4n) is 1.24. The molecule has 0 aliphatic rings. The molecule has 0 fully saturated rings. The molecule has 0 aliphatic carbocycles. The Kier molecular flexibility index (Phi) is 4.28. The number of nitrogens with one attached hydrogen (secondary N) is 1. The van der Waals surface area contributed by atoms with E-state index in [0.29, 0.717) is 11.1 Å². The Morgan fingerprint density at radius 3 is 2.76 bits per heavy atom. The van der Waals surface area contributed by atoms with Gasteiger partial charge in [-0.1, -0.05) is 12.1 Å². The van der Waals surface area contributed by atoms with E-state index in [2.05, 4.69) is 5.32 Å². The second kappa shape index (κ2) is 5.69. The average Bonchev–Trinajstić information content (AvgIpc) is 2.25. The van der Waals surface area contributed by atoms with Crippen LogP contribution in [0.1, 0.15) is 12.5 Å². The lowest BCUT2D eigenvalue weighted by molar-refractivity contribution is -0.122. The molecule has 5 nitrogen and oxygen atoms in total. The minimum atomic E-state index is -0.594. The van der Waals surface area contributed by atoms with Gasteiger partial charge < -0.3 is 16.2 Å². The van der Waals surface area contributed by atoms with Crippen LogP contribution in [0.25, 0.3) is 6.08 Å². The summed E-state index contributed by atoms with van der Waals surface area (Å²) in [6, 6.07) is 6.51. The standard InChI is InChI=1S/C12H14N2O3/c1-8(12(17)14-7-11(13)16)5-9-3-2-4-10(15)6-9/h2-6,15H,7H2,1H3,(H2,13,16)(H,14,17). The normalized spacial score (nSPS) is 11.0. The number of carbonyl (C=O) groups excluding carboxylic acids is 2. The first kappa shape index (κ1) is 12.8. The summed E-state index contributed by atoms with van der Waals surface area (Å²) in [4.78, 5) is 22.0. The number of benzene rings is 1. The van der Waals surface area contributed by atoms with Crippen LogP contribution in [0.5, 0.6) is 5.75 Å². The van der Waals surface area contributed by atoms with E-state index in [9.17, 15) is 14.7 Å². The molecule has 0 unspecified atom stereocenters. The molecule has 0 bridgehead atoms. The van der Waals surface area contributed by atoms with Gasteiger partial charge in [-0.2, -0.15) is 0 Å². The Bertz CT molecular complexity index is 467. The molecule has 0 radical (unpaired) electrons. The predicted octanol–water partition coefficient (Wildman–Crippen LogP) is 0.397. The van der Waals surface area contributed by atoms with Crippen LogP contribution >= 0.6 is 0 Å². The van der Waals surface area contributed by atoms with Gasteiger partial charge in [-0.25, -0.2) is 0 Å². The molecule has 4 N–H and O–H groups in total. The molecule has 1 aromatic rings. The summed E-state index contributed by atoms with van der Waals surface area (Å²) in [7, 11) is 0. The zero-order valence-electron chi connectivity index (χ0n) is 9.43. The molecule has 0 aliphatic heterocycles. The fourth-order valence-corrected chi connectivity index (χ4v) is 1.24. The third kappa shape index (κ3) is 4.38. The SMILES string of the molecule is CC(=Cc1cccc(O)c1)C(=O)NCC(N)=O. The van der Waals surface area contributed by atoms with Crippen molar-refractivity contribution in [2.24, 2.45) is 5.73 Å². The van der Waals surface area contributed by atoms with E-state index in [1.807, 2.05) is 0 Å². The number of phenolic OH excluding ortho intramolecular Hbond substituents is 1. The average molecular weight is 234 g/mol. The van der Waals surface area contributed by atoms with Crippen molar-refractivity contribution < 1.29 is 14.7 Å². The molecule has 1 rings (SSSR count). The molecule has 1 aromatic carbocycles. The highest BCUT2D eigenvalue weighted by atomic mass is 16.3. The van der Waals surface area contributed by atoms with Gasteiger partial charge in [0.15, 0.2) is 0 Å². The molecular formula is C12H14N2O3. The van der Waals surface area contributed by atoms with Gasteiger partial charge in [0.2, 0.25) is 11.8 Å². The molecule has 0 heterocycles. The molecule has 0 aromatic heterocycles. The van der Waals surface area contributed by atoms with Crippen molar-refractivity contribution in [2.45, 2.75) is 6.92 Å². The van der Waals surface area contributed by atoms with Gasteiger partial charge in [-0.3, -0.25) is 9.59 Å². The molecule has 5 heteroatoms. The number of primary amides is 1. The Morgan fingerprint density at radius 1 is 1.47 bits per heavy atom. The van der Waals surface area contributed by atoms with E-state index in [-0.39, 0.29) is 18.2 Å². The zero-order chi connectivity index (χ0) is 12.8. The summed E-state index contributed by atoms with van der Waals surface area (Å²) in [5.41, 5.74) is 6.04. The van der Waals surface area contributed by atoms with Gasteiger partial charge in [0.05, 0.1) is 6.54 Å². The second-order valence-electron chi connectivity index (χ2n) is 3.57. The summed E-state index contributed by atoms with van der Waals surface area (Å²) in [5, 5.41) is 11.6. The lowest BCUT2D eigenvalue weighted by atomic mass is 10.1. The first-order valence-electron chi connectivity index (χ1n) is 5.03. The summed E-state index contributed by atoms with van der Waals surface area (Å²) in [5.74, 6) is -0.834. The zero-order valence-corrected chi connectivity index (χ0v) is 9.43. The summed E-state index contributed by atoms with van der Waals surface area (Å²) >= 11 is 0. The molecule has 0 spiro atoms. The number of hydrogen-bond donors (Lipinski definition) is 3. The molecule has 0 atom stereocenters. The molecular weight excluding hydrogens is 220 g/mol. The Hall–Kier alpha value is -2.30. The van der Waals surface area contributed by atoms with Crippen LogP contribution in [0, 0.1) is 0 Å². The maximum Gasteiger partial charge on any atom is 0.247 e. The smallest absolute Gasteiger partial charge is 0.247 e. The molecule has 90 valence electrons. The Labute approximate surface area is 98.9 Å². The van der Waals surface area contributed by atoms with Crippen molar-refractivity contribution in [1.29, 1.82) is 0 Å². The highest BCUT2D eigenvalue weighted by molar-refractivity contribution is 5.98. The molecule has 2 amide bonds. The minimum Gasteiger partial charge on any atom is -0.508 e. The number of aromatic hydroxyl groups is 1. The van der Waals surface area contributed by atoms with E-state index in [1.165, 1.54) is 6.07 Å². The van der Waals surface area contributed by atoms with Crippen molar-refractivity contribution in [3.63, 3.8) is 0 Å². The van der Waals surface area contributed by atoms with Gasteiger partial charge in [-0.15, -0.1) is 0 Å². The lowest BCUT2D eigenvalue weighted by Gasteiger charge is -2.03. The first-order valence-corrected chi connectivity index (χ1v) is 5.03. The first-order chi connectivity index (χ1) is 7.99. The van der Waals surface area contributed by atoms with Gasteiger partial charge in [0.1, 0.15) is 5.75 Å². The quantitative estimate of drug-likeness (QED) is 0.658. The van der Waals surface area contributed by atoms with E-state index < -0.39 is 5.91 Å². The lowest BCUT2D eigenvalue weighted by Crippen LogP contribution is -2.33. The van der Waals surface area contributed by atoms with Crippen molar-refractivity contribution in [3.8, 4) is 5.75 Å². The number of rotatable bonds is 4. The van der Waals surface area contributed by atoms with E-state index in [1.54, 1.807) is 31.2 Å². The van der Waals surface area contributed by atoms with Crippen molar-refractivity contribution in [1.82, 2.24) is 5.32 Å². The highest BCUT2D eigenvalue weighted by Crippen LogP contribution is 2.13. The highest BCUT2D eigenvalue weighted by Gasteiger charge is 2.05. The monoisotopic (exact) mass is 234 g/mol. The van der Waals surface area contributed by atoms with Crippen LogP contribution < -0.4 is 11.1 Å². The van der Waals surface area contributed by atoms with Crippen molar-refractivity contribution in [3.05, 3.63) is 35.4 Å². The second-order valence-corrected chi connectivity index (χ2v) is 3.57. The van der Waals surface area contributed by atoms with Crippen molar-refractivity contribution >= 4 is 17.9 Å². The van der Waals surface area contributed by atoms with Crippen LogP contribution in [-0.2, 0) is 9.59 Å². The molecule has 0 saturated carbocycles. The maximum atomic E-state index is 11.5. The number of phenols is 1. The topological polar surface area (TPSA) is 92.4 Å². The predicted molar refractivity (Wildman–Crippen MR) is 64.0 cm³/mol. The summed E-state index contributed by atoms with van der Waals surface area (Å²) < 4.78 is 0. The van der Waals surface area contributed by atoms with Gasteiger partial charge in [0.25, 0.3) is 0 Å². The molecule has 17 heavy (non-hydrogen) atoms. The Balaban J connectivity index is 2.71. The molecule has 0 saturated heterocycles. The van der Waals surface area contributed by atoms with Crippen LogP contribution in [0.2, 0.25) is 0 Å². The van der Waals surface area contributed by atoms with Crippen molar-refractivity contribution in [2.75, 3.05) is 6.54 Å². The summed E-state index contributed by atoms with van der Waals surface area (Å²) in [6.07, 6.45) is 1.61. The minimum absolute atomic E-state index is 0.129. The van der Waals surface area contributed by atoms with Gasteiger partial charge in [0, 0.05) is 5.57 Å². The largest absolute Gasteiger partial charge is 0.508 e. The van der Waals surface area contributed by atoms with Crippen LogP contribution in [-0.4, -0.2) is 23.5 Å². The van der Waals surface area contributed by atoms with Crippen LogP contribution in [0.15, 0.2) is 29.8 Å². The third-order valence-electron chi connectivity index (χ3n) is 2.03. The van der Waals surface area contributed by atoms with Gasteiger partial charge in [-0.05, 0) is 30.7 Å². The van der Waals surface area contributed by atoms with Gasteiger partial charge >= 0.3 is 0 Å². The number of hydrogen-bond acceptors (Lipinski definition) is 3. The van der Waals surface area contributed by atoms with Crippen LogP contribution in [0.3, 0.4) is 0 Å². The van der Waals surface area contributed by atoms with E-state index in [0.717, 1.165) is 0 Å².